The summed E-state index contributed by atoms with van der Waals surface area (Å²) in [5.41, 5.74) is -3.07. The molecule has 1 aromatic heterocycles. The van der Waals surface area contributed by atoms with Crippen molar-refractivity contribution >= 4 is 21.9 Å². The molecule has 4 atom stereocenters. The molecule has 12 nitrogen and oxygen atoms in total. The largest absolute Gasteiger partial charge is 0.431 e. The summed E-state index contributed by atoms with van der Waals surface area (Å²) in [6.07, 6.45) is -3.92. The molecule has 0 saturated carbocycles. The first kappa shape index (κ1) is 24.7. The Morgan fingerprint density at radius 2 is 1.90 bits per heavy atom. The molecule has 172 valence electrons. The summed E-state index contributed by atoms with van der Waals surface area (Å²) in [5, 5.41) is 44.7. The van der Waals surface area contributed by atoms with Crippen molar-refractivity contribution in [2.75, 3.05) is 24.7 Å². The molecule has 31 heavy (non-hydrogen) atoms. The lowest BCUT2D eigenvalue weighted by atomic mass is 9.89. The summed E-state index contributed by atoms with van der Waals surface area (Å²) in [6.45, 7) is 0.0352. The Bertz CT molecular complexity index is 967. The number of hydrogen-bond donors (Lipinski definition) is 6. The number of carbonyl (C=O) groups excluding carboxylic acids is 1. The van der Waals surface area contributed by atoms with Crippen LogP contribution in [0.25, 0.3) is 0 Å². The van der Waals surface area contributed by atoms with Gasteiger partial charge in [0.05, 0.1) is 12.4 Å². The van der Waals surface area contributed by atoms with Crippen molar-refractivity contribution in [3.05, 3.63) is 47.9 Å². The summed E-state index contributed by atoms with van der Waals surface area (Å²) in [4.78, 5) is 16.3. The number of aliphatic hydroxyl groups excluding tert-OH is 3. The van der Waals surface area contributed by atoms with Crippen molar-refractivity contribution < 1.29 is 42.8 Å². The van der Waals surface area contributed by atoms with Crippen molar-refractivity contribution in [1.29, 1.82) is 0 Å². The van der Waals surface area contributed by atoms with E-state index in [4.69, 9.17) is 9.15 Å². The predicted octanol–water partition coefficient (Wildman–Crippen LogP) is -1.04. The Balaban J connectivity index is 2.32. The summed E-state index contributed by atoms with van der Waals surface area (Å²) >= 11 is 0. The van der Waals surface area contributed by atoms with Gasteiger partial charge in [0, 0.05) is 13.7 Å². The van der Waals surface area contributed by atoms with Gasteiger partial charge in [0.1, 0.15) is 18.5 Å². The number of nitrogens with one attached hydrogen (secondary N) is 2. The second kappa shape index (κ2) is 10.2. The second-order valence-corrected chi connectivity index (χ2v) is 8.55. The van der Waals surface area contributed by atoms with Gasteiger partial charge < -0.3 is 34.9 Å². The van der Waals surface area contributed by atoms with Crippen molar-refractivity contribution in [3.8, 4) is 0 Å². The maximum Gasteiger partial charge on any atom is 0.309 e. The predicted molar refractivity (Wildman–Crippen MR) is 107 cm³/mol. The lowest BCUT2D eigenvalue weighted by Crippen LogP contribution is -2.64. The number of carbonyl (C=O) groups is 1. The van der Waals surface area contributed by atoms with Crippen LogP contribution in [-0.4, -0.2) is 77.6 Å². The average molecular weight is 459 g/mol. The van der Waals surface area contributed by atoms with E-state index in [1.54, 1.807) is 18.2 Å². The van der Waals surface area contributed by atoms with Crippen LogP contribution in [-0.2, 0) is 14.8 Å². The van der Waals surface area contributed by atoms with Gasteiger partial charge >= 0.3 is 6.01 Å². The Labute approximate surface area is 178 Å². The quantitative estimate of drug-likeness (QED) is 0.226. The van der Waals surface area contributed by atoms with Crippen LogP contribution in [0.3, 0.4) is 0 Å². The topological polar surface area (TPSA) is 191 Å². The number of anilines is 1. The van der Waals surface area contributed by atoms with E-state index in [9.17, 15) is 33.6 Å². The zero-order chi connectivity index (χ0) is 23.2. The standard InChI is InChI=1S/C18H25N3O9S/c1-29-9-8-13(22)15(24)18(26,14(23)11-6-4-3-5-7-11)20-16(25)12-10-30-17(19-12)21-31(2,27)28/h3-7,10,13-15,22-24,26H,8-9H2,1-2H3,(H,19,21)(H,20,25). The van der Waals surface area contributed by atoms with Crippen molar-refractivity contribution in [3.63, 3.8) is 0 Å². The minimum absolute atomic E-state index is 0.0352. The first-order valence-corrected chi connectivity index (χ1v) is 10.9. The Morgan fingerprint density at radius 3 is 2.48 bits per heavy atom. The van der Waals surface area contributed by atoms with Crippen molar-refractivity contribution in [2.24, 2.45) is 0 Å². The van der Waals surface area contributed by atoms with Gasteiger partial charge in [-0.15, -0.1) is 0 Å². The highest BCUT2D eigenvalue weighted by Crippen LogP contribution is 2.29. The molecule has 0 radical (unpaired) electrons. The van der Waals surface area contributed by atoms with E-state index in [0.717, 1.165) is 12.5 Å². The molecule has 6 N–H and O–H groups in total. The van der Waals surface area contributed by atoms with E-state index >= 15 is 0 Å². The zero-order valence-electron chi connectivity index (χ0n) is 16.8. The van der Waals surface area contributed by atoms with E-state index in [0.29, 0.717) is 0 Å². The van der Waals surface area contributed by atoms with Crippen LogP contribution in [0.5, 0.6) is 0 Å². The monoisotopic (exact) mass is 459 g/mol. The molecule has 4 unspecified atom stereocenters. The molecule has 1 heterocycles. The molecule has 0 aliphatic carbocycles. The van der Waals surface area contributed by atoms with Gasteiger partial charge in [-0.05, 0) is 12.0 Å². The molecule has 13 heteroatoms. The first-order chi connectivity index (χ1) is 14.5. The molecule has 0 saturated heterocycles. The van der Waals surface area contributed by atoms with Crippen LogP contribution in [0.4, 0.5) is 6.01 Å². The third-order valence-corrected chi connectivity index (χ3v) is 4.83. The first-order valence-electron chi connectivity index (χ1n) is 9.04. The van der Waals surface area contributed by atoms with Gasteiger partial charge in [-0.2, -0.15) is 4.98 Å². The molecule has 2 rings (SSSR count). The molecule has 0 bridgehead atoms. The Kier molecular flexibility index (Phi) is 8.11. The lowest BCUT2D eigenvalue weighted by molar-refractivity contribution is -0.192. The third-order valence-electron chi connectivity index (χ3n) is 4.29. The maximum absolute atomic E-state index is 12.6. The summed E-state index contributed by atoms with van der Waals surface area (Å²) in [7, 11) is -2.35. The van der Waals surface area contributed by atoms with Gasteiger partial charge in [-0.25, -0.2) is 13.1 Å². The Morgan fingerprint density at radius 1 is 1.26 bits per heavy atom. The van der Waals surface area contributed by atoms with E-state index in [-0.39, 0.29) is 18.6 Å². The Hall–Kier alpha value is -2.55. The molecule has 0 aliphatic rings. The molecular weight excluding hydrogens is 434 g/mol. The molecule has 2 aromatic rings. The number of ether oxygens (including phenoxy) is 1. The van der Waals surface area contributed by atoms with Crippen molar-refractivity contribution in [2.45, 2.75) is 30.5 Å². The number of aliphatic hydroxyl groups is 4. The second-order valence-electron chi connectivity index (χ2n) is 6.80. The fourth-order valence-corrected chi connectivity index (χ4v) is 3.12. The number of methoxy groups -OCH3 is 1. The molecule has 1 amide bonds. The van der Waals surface area contributed by atoms with E-state index in [1.807, 2.05) is 4.72 Å². The highest BCUT2D eigenvalue weighted by atomic mass is 32.2. The summed E-state index contributed by atoms with van der Waals surface area (Å²) in [6, 6.07) is 7.18. The minimum Gasteiger partial charge on any atom is -0.431 e. The smallest absolute Gasteiger partial charge is 0.309 e. The number of rotatable bonds is 11. The van der Waals surface area contributed by atoms with Crippen LogP contribution in [0.1, 0.15) is 28.6 Å². The summed E-state index contributed by atoms with van der Waals surface area (Å²) in [5.74, 6) is -1.11. The van der Waals surface area contributed by atoms with Gasteiger partial charge in [-0.3, -0.25) is 4.79 Å². The number of oxazole rings is 1. The molecule has 0 fully saturated rings. The molecule has 0 spiro atoms. The number of nitrogens with zero attached hydrogens (tertiary/aromatic N) is 1. The molecule has 0 aliphatic heterocycles. The van der Waals surface area contributed by atoms with Gasteiger partial charge in [0.15, 0.2) is 11.4 Å². The number of amides is 1. The number of hydrogen-bond acceptors (Lipinski definition) is 10. The fraction of sp³-hybridized carbons (Fsp3) is 0.444. The van der Waals surface area contributed by atoms with Crippen LogP contribution in [0, 0.1) is 0 Å². The van der Waals surface area contributed by atoms with Crippen LogP contribution in [0.15, 0.2) is 41.0 Å². The minimum atomic E-state index is -3.72. The van der Waals surface area contributed by atoms with Gasteiger partial charge in [0.25, 0.3) is 5.91 Å². The van der Waals surface area contributed by atoms with Crippen LogP contribution < -0.4 is 10.0 Å². The fourth-order valence-electron chi connectivity index (χ4n) is 2.71. The maximum atomic E-state index is 12.6. The van der Waals surface area contributed by atoms with E-state index < -0.39 is 51.7 Å². The molecular formula is C18H25N3O9S. The number of sulfonamides is 1. The number of aromatic nitrogens is 1. The normalized spacial score (nSPS) is 16.7. The van der Waals surface area contributed by atoms with E-state index in [2.05, 4.69) is 10.3 Å². The van der Waals surface area contributed by atoms with Gasteiger partial charge in [-0.1, -0.05) is 30.3 Å². The highest BCUT2D eigenvalue weighted by Gasteiger charge is 2.48. The van der Waals surface area contributed by atoms with Crippen LogP contribution >= 0.6 is 0 Å². The summed E-state index contributed by atoms with van der Waals surface area (Å²) < 4.78 is 34.1. The van der Waals surface area contributed by atoms with E-state index in [1.165, 1.54) is 19.2 Å². The third kappa shape index (κ3) is 6.46. The van der Waals surface area contributed by atoms with Gasteiger partial charge in [0.2, 0.25) is 10.0 Å². The SMILES string of the molecule is COCCC(O)C(O)C(O)(NC(=O)c1coc(NS(C)(=O)=O)n1)C(O)c1ccccc1. The van der Waals surface area contributed by atoms with Crippen molar-refractivity contribution in [1.82, 2.24) is 10.3 Å². The number of benzene rings is 1. The van der Waals surface area contributed by atoms with Crippen LogP contribution in [0.2, 0.25) is 0 Å². The average Bonchev–Trinajstić information content (AvgIpc) is 3.18. The molecule has 1 aromatic carbocycles. The lowest BCUT2D eigenvalue weighted by Gasteiger charge is -2.39. The highest BCUT2D eigenvalue weighted by molar-refractivity contribution is 7.91. The zero-order valence-corrected chi connectivity index (χ0v) is 17.6.